The normalized spacial score (nSPS) is 21.9. The highest BCUT2D eigenvalue weighted by Crippen LogP contribution is 2.20. The summed E-state index contributed by atoms with van der Waals surface area (Å²) in [6.07, 6.45) is -4.04. The number of aliphatic hydroxyl groups is 1. The summed E-state index contributed by atoms with van der Waals surface area (Å²) in [6.45, 7) is 0.868. The molecule has 0 aliphatic carbocycles. The summed E-state index contributed by atoms with van der Waals surface area (Å²) >= 11 is 0. The molecule has 2 N–H and O–H groups in total. The van der Waals surface area contributed by atoms with Crippen LogP contribution in [0.1, 0.15) is 12.0 Å². The Labute approximate surface area is 110 Å². The van der Waals surface area contributed by atoms with Crippen molar-refractivity contribution in [1.29, 1.82) is 0 Å². The minimum atomic E-state index is -4.52. The zero-order valence-corrected chi connectivity index (χ0v) is 10.5. The molecule has 1 aliphatic heterocycles. The van der Waals surface area contributed by atoms with E-state index < -0.39 is 12.3 Å². The maximum absolute atomic E-state index is 12.3. The number of benzene rings is 1. The van der Waals surface area contributed by atoms with Gasteiger partial charge in [-0.2, -0.15) is 13.2 Å². The average molecular weight is 272 g/mol. The average Bonchev–Trinajstić information content (AvgIpc) is 2.39. The fourth-order valence-electron chi connectivity index (χ4n) is 2.27. The van der Waals surface area contributed by atoms with Gasteiger partial charge in [0.1, 0.15) is 6.54 Å². The number of aliphatic hydroxyl groups excluding tert-OH is 1. The van der Waals surface area contributed by atoms with Crippen molar-refractivity contribution in [2.75, 3.05) is 19.6 Å². The minimum absolute atomic E-state index is 0.276. The molecule has 0 aromatic heterocycles. The molecule has 0 fully saturated rings. The first kappa shape index (κ1) is 14.1. The lowest BCUT2D eigenvalue weighted by Crippen LogP contribution is -3.13. The second kappa shape index (κ2) is 5.75. The standard InChI is InChI=1S/C14H16F3NO/c15-14(16,17)13(19)10-18-8-6-12(7-9-18)11-4-2-1-3-5-11/h1-6,13,19H,7-10H2/p+1/t13-/m1/s1. The molecule has 2 atom stereocenters. The van der Waals surface area contributed by atoms with Crippen LogP contribution in [0.15, 0.2) is 36.4 Å². The number of alkyl halides is 3. The summed E-state index contributed by atoms with van der Waals surface area (Å²) in [7, 11) is 0. The molecule has 0 radical (unpaired) electrons. The summed E-state index contributed by atoms with van der Waals surface area (Å²) in [5.74, 6) is 0. The second-order valence-electron chi connectivity index (χ2n) is 4.81. The van der Waals surface area contributed by atoms with Gasteiger partial charge < -0.3 is 10.0 Å². The third-order valence-electron chi connectivity index (χ3n) is 3.39. The maximum Gasteiger partial charge on any atom is 0.419 e. The van der Waals surface area contributed by atoms with E-state index in [9.17, 15) is 13.2 Å². The number of hydrogen-bond donors (Lipinski definition) is 2. The summed E-state index contributed by atoms with van der Waals surface area (Å²) < 4.78 is 36.8. The summed E-state index contributed by atoms with van der Waals surface area (Å²) in [5.41, 5.74) is 2.30. The molecular weight excluding hydrogens is 255 g/mol. The number of nitrogens with one attached hydrogen (secondary N) is 1. The topological polar surface area (TPSA) is 24.7 Å². The van der Waals surface area contributed by atoms with E-state index in [0.29, 0.717) is 13.1 Å². The van der Waals surface area contributed by atoms with Gasteiger partial charge in [0.15, 0.2) is 6.10 Å². The van der Waals surface area contributed by atoms with Gasteiger partial charge in [0.05, 0.1) is 13.1 Å². The van der Waals surface area contributed by atoms with Crippen LogP contribution < -0.4 is 4.90 Å². The van der Waals surface area contributed by atoms with Crippen LogP contribution in [0.4, 0.5) is 13.2 Å². The Kier molecular flexibility index (Phi) is 4.27. The van der Waals surface area contributed by atoms with Crippen molar-refractivity contribution in [3.63, 3.8) is 0 Å². The van der Waals surface area contributed by atoms with Crippen LogP contribution in [-0.4, -0.2) is 37.0 Å². The molecule has 5 heteroatoms. The third-order valence-corrected chi connectivity index (χ3v) is 3.39. The van der Waals surface area contributed by atoms with Gasteiger partial charge in [-0.1, -0.05) is 30.3 Å². The van der Waals surface area contributed by atoms with E-state index in [0.717, 1.165) is 16.9 Å². The molecule has 1 aliphatic rings. The highest BCUT2D eigenvalue weighted by molar-refractivity contribution is 5.65. The first-order chi connectivity index (χ1) is 8.97. The quantitative estimate of drug-likeness (QED) is 0.851. The molecule has 1 aromatic rings. The van der Waals surface area contributed by atoms with Gasteiger partial charge in [-0.3, -0.25) is 0 Å². The zero-order chi connectivity index (χ0) is 13.9. The molecular formula is C14H17F3NO+. The largest absolute Gasteiger partial charge is 0.419 e. The van der Waals surface area contributed by atoms with Gasteiger partial charge in [0.25, 0.3) is 0 Å². The number of rotatable bonds is 3. The highest BCUT2D eigenvalue weighted by atomic mass is 19.4. The Balaban J connectivity index is 1.93. The predicted octanol–water partition coefficient (Wildman–Crippen LogP) is 1.28. The van der Waals surface area contributed by atoms with Crippen LogP contribution in [0.2, 0.25) is 0 Å². The van der Waals surface area contributed by atoms with E-state index in [1.165, 1.54) is 5.57 Å². The minimum Gasteiger partial charge on any atom is -0.379 e. The lowest BCUT2D eigenvalue weighted by Gasteiger charge is -2.26. The molecule has 19 heavy (non-hydrogen) atoms. The Morgan fingerprint density at radius 3 is 2.42 bits per heavy atom. The molecule has 1 unspecified atom stereocenters. The Morgan fingerprint density at radius 2 is 1.89 bits per heavy atom. The van der Waals surface area contributed by atoms with Crippen LogP contribution in [-0.2, 0) is 0 Å². The van der Waals surface area contributed by atoms with Crippen LogP contribution >= 0.6 is 0 Å². The molecule has 0 spiro atoms. The van der Waals surface area contributed by atoms with Gasteiger partial charge in [-0.25, -0.2) is 0 Å². The van der Waals surface area contributed by atoms with Crippen molar-refractivity contribution in [1.82, 2.24) is 0 Å². The van der Waals surface area contributed by atoms with Gasteiger partial charge in [0.2, 0.25) is 0 Å². The molecule has 2 nitrogen and oxygen atoms in total. The zero-order valence-electron chi connectivity index (χ0n) is 10.5. The Morgan fingerprint density at radius 1 is 1.21 bits per heavy atom. The molecule has 0 saturated carbocycles. The van der Waals surface area contributed by atoms with Crippen LogP contribution in [0.3, 0.4) is 0 Å². The fraction of sp³-hybridized carbons (Fsp3) is 0.429. The number of hydrogen-bond acceptors (Lipinski definition) is 1. The first-order valence-electron chi connectivity index (χ1n) is 6.29. The first-order valence-corrected chi connectivity index (χ1v) is 6.29. The molecule has 104 valence electrons. The summed E-state index contributed by atoms with van der Waals surface area (Å²) in [6, 6.07) is 9.83. The van der Waals surface area contributed by atoms with E-state index in [4.69, 9.17) is 5.11 Å². The predicted molar refractivity (Wildman–Crippen MR) is 66.7 cm³/mol. The molecule has 1 heterocycles. The number of halogens is 3. The fourth-order valence-corrected chi connectivity index (χ4v) is 2.27. The molecule has 1 aromatic carbocycles. The summed E-state index contributed by atoms with van der Waals surface area (Å²) in [4.78, 5) is 0.768. The maximum atomic E-state index is 12.3. The Bertz CT molecular complexity index is 442. The van der Waals surface area contributed by atoms with E-state index >= 15 is 0 Å². The van der Waals surface area contributed by atoms with Crippen molar-refractivity contribution in [2.24, 2.45) is 0 Å². The van der Waals surface area contributed by atoms with Crippen LogP contribution in [0, 0.1) is 0 Å². The van der Waals surface area contributed by atoms with E-state index in [2.05, 4.69) is 0 Å². The smallest absolute Gasteiger partial charge is 0.379 e. The second-order valence-corrected chi connectivity index (χ2v) is 4.81. The van der Waals surface area contributed by atoms with E-state index in [-0.39, 0.29) is 6.54 Å². The van der Waals surface area contributed by atoms with Crippen molar-refractivity contribution in [3.8, 4) is 0 Å². The summed E-state index contributed by atoms with van der Waals surface area (Å²) in [5, 5.41) is 9.05. The van der Waals surface area contributed by atoms with E-state index in [1.54, 1.807) is 0 Å². The van der Waals surface area contributed by atoms with Gasteiger partial charge >= 0.3 is 6.18 Å². The highest BCUT2D eigenvalue weighted by Gasteiger charge is 2.41. The lowest BCUT2D eigenvalue weighted by atomic mass is 9.99. The number of quaternary nitrogens is 1. The van der Waals surface area contributed by atoms with Gasteiger partial charge in [0, 0.05) is 6.42 Å². The van der Waals surface area contributed by atoms with Crippen molar-refractivity contribution < 1.29 is 23.2 Å². The SMILES string of the molecule is O[C@H](C[NH+]1CC=C(c2ccccc2)CC1)C(F)(F)F. The van der Waals surface area contributed by atoms with Crippen molar-refractivity contribution in [2.45, 2.75) is 18.7 Å². The molecule has 2 rings (SSSR count). The molecule has 0 amide bonds. The Hall–Kier alpha value is -1.33. The monoisotopic (exact) mass is 272 g/mol. The third kappa shape index (κ3) is 3.81. The van der Waals surface area contributed by atoms with Crippen LogP contribution in [0.5, 0.6) is 0 Å². The van der Waals surface area contributed by atoms with E-state index in [1.807, 2.05) is 36.4 Å². The molecule has 0 bridgehead atoms. The van der Waals surface area contributed by atoms with Crippen LogP contribution in [0.25, 0.3) is 5.57 Å². The van der Waals surface area contributed by atoms with Crippen molar-refractivity contribution in [3.05, 3.63) is 42.0 Å². The molecule has 0 saturated heterocycles. The lowest BCUT2D eigenvalue weighted by molar-refractivity contribution is -0.899. The van der Waals surface area contributed by atoms with Crippen molar-refractivity contribution >= 4 is 5.57 Å². The van der Waals surface area contributed by atoms with Gasteiger partial charge in [-0.15, -0.1) is 0 Å². The van der Waals surface area contributed by atoms with Gasteiger partial charge in [-0.05, 0) is 17.2 Å².